The molecule has 3 aromatic rings. The van der Waals surface area contributed by atoms with Gasteiger partial charge in [0, 0.05) is 11.8 Å². The number of hydrogen-bond acceptors (Lipinski definition) is 5. The molecule has 6 nitrogen and oxygen atoms in total. The summed E-state index contributed by atoms with van der Waals surface area (Å²) in [6.45, 7) is -0.558. The van der Waals surface area contributed by atoms with Gasteiger partial charge in [-0.05, 0) is 34.2 Å². The first-order chi connectivity index (χ1) is 12.7. The van der Waals surface area contributed by atoms with E-state index in [9.17, 15) is 27.1 Å². The van der Waals surface area contributed by atoms with Gasteiger partial charge >= 0.3 is 12.1 Å². The molecule has 0 fully saturated rings. The summed E-state index contributed by atoms with van der Waals surface area (Å²) in [6, 6.07) is 6.62. The van der Waals surface area contributed by atoms with Crippen molar-refractivity contribution in [1.29, 1.82) is 0 Å². The third kappa shape index (κ3) is 4.08. The Labute approximate surface area is 149 Å². The van der Waals surface area contributed by atoms with Crippen LogP contribution in [0.15, 0.2) is 48.9 Å². The zero-order valence-electron chi connectivity index (χ0n) is 13.5. The van der Waals surface area contributed by atoms with Crippen LogP contribution >= 0.6 is 0 Å². The van der Waals surface area contributed by atoms with Crippen molar-refractivity contribution >= 4 is 0 Å². The molecule has 0 aliphatic heterocycles. The fraction of sp³-hybridized carbons (Fsp3) is 0.250. The van der Waals surface area contributed by atoms with E-state index in [0.717, 1.165) is 35.4 Å². The largest absolute Gasteiger partial charge is 0.416 e. The Balaban J connectivity index is 1.82. The number of aliphatic hydroxyl groups is 1. The Morgan fingerprint density at radius 1 is 1.04 bits per heavy atom. The van der Waals surface area contributed by atoms with Crippen LogP contribution in [0.1, 0.15) is 11.3 Å². The molecule has 1 unspecified atom stereocenters. The average molecular weight is 385 g/mol. The van der Waals surface area contributed by atoms with Crippen LogP contribution < -0.4 is 0 Å². The number of nitrogens with zero attached hydrogens (tertiary/aromatic N) is 5. The first kappa shape index (κ1) is 18.8. The Bertz CT molecular complexity index is 896. The number of hydrogen-bond donors (Lipinski definition) is 1. The number of halogens is 5. The van der Waals surface area contributed by atoms with Crippen molar-refractivity contribution in [2.75, 3.05) is 0 Å². The standard InChI is InChI=1S/C16H12F5N5O/c17-15(18,14(27)8-26-9-23-24-25-26)13-5-4-11(7-22-13)10-2-1-3-12(6-10)16(19,20)21/h1-7,9,14,27H,8H2. The van der Waals surface area contributed by atoms with Crippen molar-refractivity contribution in [3.8, 4) is 11.1 Å². The Morgan fingerprint density at radius 2 is 1.81 bits per heavy atom. The summed E-state index contributed by atoms with van der Waals surface area (Å²) in [6.07, 6.45) is -4.56. The molecule has 2 heterocycles. The fourth-order valence-corrected chi connectivity index (χ4v) is 2.36. The van der Waals surface area contributed by atoms with Gasteiger partial charge in [-0.3, -0.25) is 4.98 Å². The third-order valence-corrected chi connectivity index (χ3v) is 3.80. The molecule has 142 valence electrons. The number of aliphatic hydroxyl groups excluding tert-OH is 1. The number of benzene rings is 1. The van der Waals surface area contributed by atoms with Gasteiger partial charge in [0.1, 0.15) is 18.1 Å². The van der Waals surface area contributed by atoms with Gasteiger partial charge in [-0.1, -0.05) is 18.2 Å². The predicted octanol–water partition coefficient (Wildman–Crippen LogP) is 2.91. The van der Waals surface area contributed by atoms with Gasteiger partial charge in [0.05, 0.1) is 12.1 Å². The Kier molecular flexibility index (Phi) is 4.87. The highest BCUT2D eigenvalue weighted by Gasteiger charge is 2.42. The van der Waals surface area contributed by atoms with Gasteiger partial charge in [-0.15, -0.1) is 5.10 Å². The summed E-state index contributed by atoms with van der Waals surface area (Å²) < 4.78 is 68.0. The van der Waals surface area contributed by atoms with Crippen LogP contribution in [-0.4, -0.2) is 36.4 Å². The minimum Gasteiger partial charge on any atom is -0.384 e. The molecular formula is C16H12F5N5O. The van der Waals surface area contributed by atoms with Gasteiger partial charge in [0.25, 0.3) is 0 Å². The van der Waals surface area contributed by atoms with Crippen molar-refractivity contribution in [3.63, 3.8) is 0 Å². The quantitative estimate of drug-likeness (QED) is 0.684. The van der Waals surface area contributed by atoms with Crippen LogP contribution in [-0.2, 0) is 18.6 Å². The summed E-state index contributed by atoms with van der Waals surface area (Å²) in [5, 5.41) is 19.7. The highest BCUT2D eigenvalue weighted by Crippen LogP contribution is 2.34. The highest BCUT2D eigenvalue weighted by molar-refractivity contribution is 5.63. The van der Waals surface area contributed by atoms with E-state index in [-0.39, 0.29) is 11.1 Å². The molecule has 1 atom stereocenters. The predicted molar refractivity (Wildman–Crippen MR) is 82.4 cm³/mol. The molecule has 0 radical (unpaired) electrons. The molecule has 0 spiro atoms. The number of pyridine rings is 1. The van der Waals surface area contributed by atoms with E-state index in [0.29, 0.717) is 0 Å². The van der Waals surface area contributed by atoms with E-state index in [1.807, 2.05) is 0 Å². The van der Waals surface area contributed by atoms with E-state index in [1.165, 1.54) is 18.2 Å². The molecule has 0 bridgehead atoms. The van der Waals surface area contributed by atoms with Gasteiger partial charge in [0.15, 0.2) is 0 Å². The van der Waals surface area contributed by atoms with Crippen molar-refractivity contribution in [1.82, 2.24) is 25.2 Å². The van der Waals surface area contributed by atoms with Crippen molar-refractivity contribution < 1.29 is 27.1 Å². The van der Waals surface area contributed by atoms with Crippen LogP contribution in [0.25, 0.3) is 11.1 Å². The second kappa shape index (κ2) is 6.99. The topological polar surface area (TPSA) is 76.7 Å². The Morgan fingerprint density at radius 3 is 2.41 bits per heavy atom. The molecule has 0 saturated heterocycles. The van der Waals surface area contributed by atoms with E-state index < -0.39 is 36.0 Å². The molecule has 0 saturated carbocycles. The molecule has 0 aliphatic rings. The highest BCUT2D eigenvalue weighted by atomic mass is 19.4. The van der Waals surface area contributed by atoms with E-state index in [4.69, 9.17) is 0 Å². The maximum atomic E-state index is 14.4. The summed E-state index contributed by atoms with van der Waals surface area (Å²) in [7, 11) is 0. The van der Waals surface area contributed by atoms with E-state index in [2.05, 4.69) is 20.5 Å². The third-order valence-electron chi connectivity index (χ3n) is 3.80. The summed E-state index contributed by atoms with van der Waals surface area (Å²) >= 11 is 0. The second-order valence-electron chi connectivity index (χ2n) is 5.68. The van der Waals surface area contributed by atoms with E-state index in [1.54, 1.807) is 0 Å². The lowest BCUT2D eigenvalue weighted by Crippen LogP contribution is -2.35. The van der Waals surface area contributed by atoms with Crippen LogP contribution in [0, 0.1) is 0 Å². The Hall–Kier alpha value is -2.95. The number of alkyl halides is 5. The van der Waals surface area contributed by atoms with Crippen molar-refractivity contribution in [2.24, 2.45) is 0 Å². The van der Waals surface area contributed by atoms with Crippen LogP contribution in [0.5, 0.6) is 0 Å². The molecular weight excluding hydrogens is 373 g/mol. The molecule has 0 amide bonds. The van der Waals surface area contributed by atoms with Gasteiger partial charge in [-0.2, -0.15) is 22.0 Å². The molecule has 3 rings (SSSR count). The maximum Gasteiger partial charge on any atom is 0.416 e. The molecule has 1 aromatic carbocycles. The molecule has 27 heavy (non-hydrogen) atoms. The molecule has 11 heteroatoms. The molecule has 2 aromatic heterocycles. The summed E-state index contributed by atoms with van der Waals surface area (Å²) in [5.74, 6) is -3.71. The SMILES string of the molecule is OC(Cn1cnnn1)C(F)(F)c1ccc(-c2cccc(C(F)(F)F)c2)cn1. The second-order valence-corrected chi connectivity index (χ2v) is 5.68. The van der Waals surface area contributed by atoms with E-state index >= 15 is 0 Å². The minimum atomic E-state index is -4.52. The van der Waals surface area contributed by atoms with Crippen molar-refractivity contribution in [2.45, 2.75) is 24.7 Å². The van der Waals surface area contributed by atoms with Gasteiger partial charge in [-0.25, -0.2) is 4.68 Å². The first-order valence-electron chi connectivity index (χ1n) is 7.59. The molecule has 1 N–H and O–H groups in total. The smallest absolute Gasteiger partial charge is 0.384 e. The average Bonchev–Trinajstić information content (AvgIpc) is 3.14. The maximum absolute atomic E-state index is 14.4. The zero-order chi connectivity index (χ0) is 19.7. The van der Waals surface area contributed by atoms with Crippen molar-refractivity contribution in [3.05, 3.63) is 60.2 Å². The number of aromatic nitrogens is 5. The normalized spacial score (nSPS) is 13.6. The zero-order valence-corrected chi connectivity index (χ0v) is 13.5. The van der Waals surface area contributed by atoms with Crippen LogP contribution in [0.4, 0.5) is 22.0 Å². The first-order valence-corrected chi connectivity index (χ1v) is 7.59. The number of rotatable bonds is 5. The fourth-order valence-electron chi connectivity index (χ4n) is 2.36. The monoisotopic (exact) mass is 385 g/mol. The summed E-state index contributed by atoms with van der Waals surface area (Å²) in [5.41, 5.74) is -1.16. The lowest BCUT2D eigenvalue weighted by atomic mass is 10.0. The van der Waals surface area contributed by atoms with Crippen LogP contribution in [0.2, 0.25) is 0 Å². The molecule has 0 aliphatic carbocycles. The summed E-state index contributed by atoms with van der Waals surface area (Å²) in [4.78, 5) is 3.62. The lowest BCUT2D eigenvalue weighted by Gasteiger charge is -2.21. The van der Waals surface area contributed by atoms with Crippen LogP contribution in [0.3, 0.4) is 0 Å². The van der Waals surface area contributed by atoms with Gasteiger partial charge in [0.2, 0.25) is 0 Å². The number of tetrazole rings is 1. The lowest BCUT2D eigenvalue weighted by molar-refractivity contribution is -0.137. The minimum absolute atomic E-state index is 0.182. The van der Waals surface area contributed by atoms with Gasteiger partial charge < -0.3 is 5.11 Å².